The van der Waals surface area contributed by atoms with E-state index in [1.807, 2.05) is 13.8 Å². The number of carbonyl (C=O) groups is 2. The lowest BCUT2D eigenvalue weighted by atomic mass is 9.85. The molecule has 0 saturated carbocycles. The summed E-state index contributed by atoms with van der Waals surface area (Å²) in [4.78, 5) is 24.2. The Labute approximate surface area is 94.4 Å². The smallest absolute Gasteiger partial charge is 0.183 e. The van der Waals surface area contributed by atoms with Crippen LogP contribution in [-0.4, -0.2) is 16.1 Å². The SMILES string of the molecule is Cc1c2c(n3c1CCC3)C(=O)C(C)CC2=O. The van der Waals surface area contributed by atoms with Gasteiger partial charge in [-0.05, 0) is 25.3 Å². The first kappa shape index (κ1) is 9.82. The molecule has 2 heterocycles. The van der Waals surface area contributed by atoms with Crippen molar-refractivity contribution in [1.29, 1.82) is 0 Å². The van der Waals surface area contributed by atoms with E-state index in [1.54, 1.807) is 0 Å². The predicted octanol–water partition coefficient (Wildman–Crippen LogP) is 2.15. The molecule has 3 nitrogen and oxygen atoms in total. The van der Waals surface area contributed by atoms with Crippen molar-refractivity contribution in [2.24, 2.45) is 5.92 Å². The molecule has 0 aromatic carbocycles. The summed E-state index contributed by atoms with van der Waals surface area (Å²) in [6.07, 6.45) is 2.49. The third-order valence-corrected chi connectivity index (χ3v) is 3.89. The van der Waals surface area contributed by atoms with E-state index in [9.17, 15) is 9.59 Å². The van der Waals surface area contributed by atoms with Crippen LogP contribution >= 0.6 is 0 Å². The zero-order valence-corrected chi connectivity index (χ0v) is 9.67. The summed E-state index contributed by atoms with van der Waals surface area (Å²) in [6.45, 7) is 4.74. The average Bonchev–Trinajstić information content (AvgIpc) is 2.78. The van der Waals surface area contributed by atoms with Crippen molar-refractivity contribution >= 4 is 11.6 Å². The molecule has 16 heavy (non-hydrogen) atoms. The highest BCUT2D eigenvalue weighted by molar-refractivity contribution is 6.15. The number of rotatable bonds is 0. The van der Waals surface area contributed by atoms with Crippen molar-refractivity contribution in [3.8, 4) is 0 Å². The van der Waals surface area contributed by atoms with E-state index in [-0.39, 0.29) is 17.5 Å². The molecule has 1 aromatic heterocycles. The number of hydrogen-bond acceptors (Lipinski definition) is 2. The van der Waals surface area contributed by atoms with Gasteiger partial charge in [-0.2, -0.15) is 0 Å². The molecule has 1 atom stereocenters. The van der Waals surface area contributed by atoms with Gasteiger partial charge < -0.3 is 4.57 Å². The summed E-state index contributed by atoms with van der Waals surface area (Å²) in [5.41, 5.74) is 3.69. The van der Waals surface area contributed by atoms with Crippen LogP contribution < -0.4 is 0 Å². The minimum absolute atomic E-state index is 0.140. The Bertz CT molecular complexity index is 510. The molecule has 0 N–H and O–H groups in total. The van der Waals surface area contributed by atoms with E-state index in [0.717, 1.165) is 30.5 Å². The Morgan fingerprint density at radius 1 is 1.31 bits per heavy atom. The van der Waals surface area contributed by atoms with E-state index >= 15 is 0 Å². The lowest BCUT2D eigenvalue weighted by molar-refractivity contribution is 0.0827. The number of carbonyl (C=O) groups excluding carboxylic acids is 2. The molecule has 84 valence electrons. The fraction of sp³-hybridized carbons (Fsp3) is 0.538. The second kappa shape index (κ2) is 3.06. The standard InChI is InChI=1S/C13H15NO2/c1-7-6-10(15)11-8(2)9-4-3-5-14(9)12(11)13(7)16/h7H,3-6H2,1-2H3. The molecule has 3 rings (SSSR count). The molecule has 0 bridgehead atoms. The summed E-state index contributed by atoms with van der Waals surface area (Å²) in [6, 6.07) is 0. The zero-order chi connectivity index (χ0) is 11.4. The van der Waals surface area contributed by atoms with Gasteiger partial charge in [0.1, 0.15) is 0 Å². The van der Waals surface area contributed by atoms with Crippen molar-refractivity contribution in [1.82, 2.24) is 4.57 Å². The van der Waals surface area contributed by atoms with Gasteiger partial charge in [-0.3, -0.25) is 9.59 Å². The molecular weight excluding hydrogens is 202 g/mol. The van der Waals surface area contributed by atoms with Crippen LogP contribution in [-0.2, 0) is 13.0 Å². The van der Waals surface area contributed by atoms with E-state index < -0.39 is 0 Å². The molecule has 1 unspecified atom stereocenters. The van der Waals surface area contributed by atoms with Gasteiger partial charge in [0.25, 0.3) is 0 Å². The lowest BCUT2D eigenvalue weighted by Gasteiger charge is -2.18. The van der Waals surface area contributed by atoms with Crippen molar-refractivity contribution in [3.63, 3.8) is 0 Å². The Hall–Kier alpha value is -1.38. The van der Waals surface area contributed by atoms with Gasteiger partial charge in [0.15, 0.2) is 11.6 Å². The summed E-state index contributed by atoms with van der Waals surface area (Å²) in [5, 5.41) is 0. The number of Topliss-reactive ketones (excluding diaryl/α,β-unsaturated/α-hetero) is 2. The second-order valence-electron chi connectivity index (χ2n) is 4.94. The Kier molecular flexibility index (Phi) is 1.88. The monoisotopic (exact) mass is 217 g/mol. The molecule has 0 saturated heterocycles. The highest BCUT2D eigenvalue weighted by atomic mass is 16.1. The highest BCUT2D eigenvalue weighted by Crippen LogP contribution is 2.35. The molecule has 1 aliphatic carbocycles. The number of fused-ring (bicyclic) bond motifs is 3. The van der Waals surface area contributed by atoms with Gasteiger partial charge in [-0.15, -0.1) is 0 Å². The fourth-order valence-electron chi connectivity index (χ4n) is 3.07. The van der Waals surface area contributed by atoms with Gasteiger partial charge >= 0.3 is 0 Å². The molecule has 3 heteroatoms. The van der Waals surface area contributed by atoms with Crippen LogP contribution in [0.5, 0.6) is 0 Å². The fourth-order valence-corrected chi connectivity index (χ4v) is 3.07. The summed E-state index contributed by atoms with van der Waals surface area (Å²) in [7, 11) is 0. The van der Waals surface area contributed by atoms with E-state index in [1.165, 1.54) is 5.69 Å². The van der Waals surface area contributed by atoms with Crippen LogP contribution in [0.15, 0.2) is 0 Å². The molecule has 0 spiro atoms. The summed E-state index contributed by atoms with van der Waals surface area (Å²) in [5.74, 6) is 0.173. The Morgan fingerprint density at radius 2 is 2.06 bits per heavy atom. The zero-order valence-electron chi connectivity index (χ0n) is 9.67. The summed E-state index contributed by atoms with van der Waals surface area (Å²) >= 11 is 0. The van der Waals surface area contributed by atoms with E-state index in [0.29, 0.717) is 12.1 Å². The first-order valence-electron chi connectivity index (χ1n) is 5.90. The molecule has 2 aliphatic rings. The van der Waals surface area contributed by atoms with Crippen LogP contribution in [0.1, 0.15) is 51.9 Å². The summed E-state index contributed by atoms with van der Waals surface area (Å²) < 4.78 is 2.08. The molecule has 1 aromatic rings. The van der Waals surface area contributed by atoms with Gasteiger partial charge in [-0.1, -0.05) is 6.92 Å². The van der Waals surface area contributed by atoms with Crippen LogP contribution in [0, 0.1) is 12.8 Å². The number of hydrogen-bond donors (Lipinski definition) is 0. The van der Waals surface area contributed by atoms with Crippen LogP contribution in [0.4, 0.5) is 0 Å². The maximum atomic E-state index is 12.2. The quantitative estimate of drug-likeness (QED) is 0.668. The van der Waals surface area contributed by atoms with Crippen LogP contribution in [0.2, 0.25) is 0 Å². The topological polar surface area (TPSA) is 39.1 Å². The first-order valence-corrected chi connectivity index (χ1v) is 5.90. The van der Waals surface area contributed by atoms with Crippen LogP contribution in [0.25, 0.3) is 0 Å². The number of aromatic nitrogens is 1. The molecule has 0 radical (unpaired) electrons. The third kappa shape index (κ3) is 1.03. The Morgan fingerprint density at radius 3 is 2.81 bits per heavy atom. The van der Waals surface area contributed by atoms with Crippen molar-refractivity contribution < 1.29 is 9.59 Å². The second-order valence-corrected chi connectivity index (χ2v) is 4.94. The lowest BCUT2D eigenvalue weighted by Crippen LogP contribution is -2.26. The normalized spacial score (nSPS) is 23.5. The Balaban J connectivity index is 2.31. The maximum Gasteiger partial charge on any atom is 0.183 e. The van der Waals surface area contributed by atoms with Crippen molar-refractivity contribution in [2.75, 3.05) is 0 Å². The third-order valence-electron chi connectivity index (χ3n) is 3.89. The first-order chi connectivity index (χ1) is 7.61. The molecule has 0 amide bonds. The van der Waals surface area contributed by atoms with E-state index in [2.05, 4.69) is 4.57 Å². The van der Waals surface area contributed by atoms with Crippen molar-refractivity contribution in [3.05, 3.63) is 22.5 Å². The molecule has 0 fully saturated rings. The minimum Gasteiger partial charge on any atom is -0.341 e. The minimum atomic E-state index is -0.140. The number of nitrogens with zero attached hydrogens (tertiary/aromatic N) is 1. The van der Waals surface area contributed by atoms with Crippen molar-refractivity contribution in [2.45, 2.75) is 39.7 Å². The number of ketones is 2. The highest BCUT2D eigenvalue weighted by Gasteiger charge is 2.37. The average molecular weight is 217 g/mol. The van der Waals surface area contributed by atoms with Gasteiger partial charge in [0, 0.05) is 30.1 Å². The van der Waals surface area contributed by atoms with E-state index in [4.69, 9.17) is 0 Å². The van der Waals surface area contributed by atoms with Gasteiger partial charge in [0.2, 0.25) is 0 Å². The van der Waals surface area contributed by atoms with Gasteiger partial charge in [-0.25, -0.2) is 0 Å². The molecule has 1 aliphatic heterocycles. The largest absolute Gasteiger partial charge is 0.341 e. The maximum absolute atomic E-state index is 12.2. The predicted molar refractivity (Wildman–Crippen MR) is 59.9 cm³/mol. The molecular formula is C13H15NO2. The van der Waals surface area contributed by atoms with Crippen LogP contribution in [0.3, 0.4) is 0 Å². The van der Waals surface area contributed by atoms with Gasteiger partial charge in [0.05, 0.1) is 5.69 Å².